The van der Waals surface area contributed by atoms with Gasteiger partial charge < -0.3 is 20.7 Å². The number of hydrogen-bond acceptors (Lipinski definition) is 4. The second-order valence-electron chi connectivity index (χ2n) is 5.73. The van der Waals surface area contributed by atoms with Crippen molar-refractivity contribution in [3.05, 3.63) is 18.0 Å². The number of nitrogens with zero attached hydrogens (tertiary/aromatic N) is 2. The van der Waals surface area contributed by atoms with Crippen molar-refractivity contribution in [3.63, 3.8) is 0 Å². The molecule has 4 N–H and O–H groups in total. The highest BCUT2D eigenvalue weighted by Crippen LogP contribution is 2.12. The van der Waals surface area contributed by atoms with E-state index in [2.05, 4.69) is 9.88 Å². The van der Waals surface area contributed by atoms with Gasteiger partial charge in [-0.25, -0.2) is 0 Å². The highest BCUT2D eigenvalue weighted by atomic mass is 16.3. The number of H-pyrrole nitrogens is 1. The van der Waals surface area contributed by atoms with Gasteiger partial charge in [-0.15, -0.1) is 0 Å². The minimum atomic E-state index is -0.694. The Kier molecular flexibility index (Phi) is 3.82. The molecule has 106 valence electrons. The molecule has 1 aromatic rings. The number of carbonyl (C=O) groups excluding carboxylic acids is 1. The van der Waals surface area contributed by atoms with Gasteiger partial charge >= 0.3 is 0 Å². The zero-order chi connectivity index (χ0) is 14.0. The Bertz CT molecular complexity index is 442. The molecule has 0 saturated carbocycles. The molecule has 1 amide bonds. The molecule has 1 aliphatic heterocycles. The van der Waals surface area contributed by atoms with Gasteiger partial charge in [0.05, 0.1) is 5.60 Å². The first-order chi connectivity index (χ1) is 8.85. The number of nitrogen functional groups attached to an aromatic ring is 1. The number of aromatic nitrogens is 1. The van der Waals surface area contributed by atoms with Crippen LogP contribution < -0.4 is 5.73 Å². The Labute approximate surface area is 113 Å². The molecule has 2 heterocycles. The Morgan fingerprint density at radius 3 is 2.53 bits per heavy atom. The molecule has 0 aliphatic carbocycles. The number of nitrogens with two attached hydrogens (primary N) is 1. The minimum Gasteiger partial charge on any atom is -0.397 e. The van der Waals surface area contributed by atoms with Gasteiger partial charge in [-0.1, -0.05) is 0 Å². The van der Waals surface area contributed by atoms with E-state index >= 15 is 0 Å². The molecule has 2 rings (SSSR count). The fourth-order valence-electron chi connectivity index (χ4n) is 2.36. The molecule has 1 fully saturated rings. The van der Waals surface area contributed by atoms with E-state index in [0.29, 0.717) is 31.0 Å². The van der Waals surface area contributed by atoms with Crippen molar-refractivity contribution >= 4 is 11.6 Å². The predicted molar refractivity (Wildman–Crippen MR) is 73.8 cm³/mol. The van der Waals surface area contributed by atoms with E-state index in [9.17, 15) is 9.90 Å². The first-order valence-electron chi connectivity index (χ1n) is 6.53. The van der Waals surface area contributed by atoms with Gasteiger partial charge in [0.15, 0.2) is 0 Å². The quantitative estimate of drug-likeness (QED) is 0.725. The third-order valence-corrected chi connectivity index (χ3v) is 3.21. The summed E-state index contributed by atoms with van der Waals surface area (Å²) < 4.78 is 0. The van der Waals surface area contributed by atoms with Gasteiger partial charge in [-0.05, 0) is 19.9 Å². The average Bonchev–Trinajstić information content (AvgIpc) is 2.74. The second kappa shape index (κ2) is 5.22. The lowest BCUT2D eigenvalue weighted by Gasteiger charge is -2.37. The Hall–Kier alpha value is -1.53. The lowest BCUT2D eigenvalue weighted by Crippen LogP contribution is -2.52. The molecule has 0 unspecified atom stereocenters. The van der Waals surface area contributed by atoms with Crippen LogP contribution in [0.15, 0.2) is 12.3 Å². The Balaban J connectivity index is 1.88. The zero-order valence-electron chi connectivity index (χ0n) is 11.5. The van der Waals surface area contributed by atoms with Crippen LogP contribution in [0.2, 0.25) is 0 Å². The van der Waals surface area contributed by atoms with Crippen LogP contribution >= 0.6 is 0 Å². The lowest BCUT2D eigenvalue weighted by molar-refractivity contribution is 0.0177. The number of rotatable bonds is 3. The van der Waals surface area contributed by atoms with Gasteiger partial charge in [0.2, 0.25) is 0 Å². The van der Waals surface area contributed by atoms with Crippen LogP contribution in [0.3, 0.4) is 0 Å². The summed E-state index contributed by atoms with van der Waals surface area (Å²) in [6, 6.07) is 1.66. The van der Waals surface area contributed by atoms with Crippen molar-refractivity contribution in [2.45, 2.75) is 19.4 Å². The second-order valence-corrected chi connectivity index (χ2v) is 5.73. The maximum absolute atomic E-state index is 12.2. The van der Waals surface area contributed by atoms with Crippen LogP contribution in [0.25, 0.3) is 0 Å². The molecule has 0 radical (unpaired) electrons. The van der Waals surface area contributed by atoms with Crippen molar-refractivity contribution in [3.8, 4) is 0 Å². The molecule has 0 spiro atoms. The summed E-state index contributed by atoms with van der Waals surface area (Å²) in [6.45, 7) is 7.14. The van der Waals surface area contributed by atoms with E-state index in [0.717, 1.165) is 13.1 Å². The normalized spacial score (nSPS) is 17.7. The topological polar surface area (TPSA) is 85.6 Å². The van der Waals surface area contributed by atoms with Crippen LogP contribution in [-0.4, -0.2) is 64.1 Å². The van der Waals surface area contributed by atoms with E-state index in [-0.39, 0.29) is 5.91 Å². The average molecular weight is 266 g/mol. The number of amides is 1. The first-order valence-corrected chi connectivity index (χ1v) is 6.53. The third kappa shape index (κ3) is 3.71. The summed E-state index contributed by atoms with van der Waals surface area (Å²) in [7, 11) is 0. The largest absolute Gasteiger partial charge is 0.397 e. The number of aromatic amines is 1. The number of anilines is 1. The van der Waals surface area contributed by atoms with Gasteiger partial charge in [-0.3, -0.25) is 9.69 Å². The number of piperazine rings is 1. The SMILES string of the molecule is CC(C)(O)CN1CCN(C(=O)c2cc(N)c[nH]2)CC1. The summed E-state index contributed by atoms with van der Waals surface area (Å²) in [6.07, 6.45) is 1.62. The molecule has 6 nitrogen and oxygen atoms in total. The number of nitrogens with one attached hydrogen (secondary N) is 1. The van der Waals surface area contributed by atoms with E-state index in [1.807, 2.05) is 4.90 Å². The van der Waals surface area contributed by atoms with Crippen molar-refractivity contribution in [2.24, 2.45) is 0 Å². The lowest BCUT2D eigenvalue weighted by atomic mass is 10.1. The van der Waals surface area contributed by atoms with E-state index in [1.54, 1.807) is 26.1 Å². The maximum atomic E-state index is 12.2. The van der Waals surface area contributed by atoms with Gasteiger partial charge in [0.25, 0.3) is 5.91 Å². The summed E-state index contributed by atoms with van der Waals surface area (Å²) in [5, 5.41) is 9.78. The highest BCUT2D eigenvalue weighted by Gasteiger charge is 2.25. The molecule has 0 aromatic carbocycles. The number of β-amino-alcohol motifs (C(OH)–C–C–N with tert-alkyl or cyclic N) is 1. The van der Waals surface area contributed by atoms with Gasteiger partial charge in [0.1, 0.15) is 5.69 Å². The standard InChI is InChI=1S/C13H22N4O2/c1-13(2,19)9-16-3-5-17(6-4-16)12(18)11-7-10(14)8-15-11/h7-8,15,19H,3-6,9,14H2,1-2H3. The summed E-state index contributed by atoms with van der Waals surface area (Å²) in [5.41, 5.74) is 6.01. The molecule has 0 atom stereocenters. The fraction of sp³-hybridized carbons (Fsp3) is 0.615. The summed E-state index contributed by atoms with van der Waals surface area (Å²) >= 11 is 0. The number of aliphatic hydroxyl groups is 1. The highest BCUT2D eigenvalue weighted by molar-refractivity contribution is 5.93. The maximum Gasteiger partial charge on any atom is 0.270 e. The molecule has 0 bridgehead atoms. The first kappa shape index (κ1) is 13.9. The van der Waals surface area contributed by atoms with E-state index in [4.69, 9.17) is 5.73 Å². The van der Waals surface area contributed by atoms with Crippen LogP contribution in [-0.2, 0) is 0 Å². The third-order valence-electron chi connectivity index (χ3n) is 3.21. The Morgan fingerprint density at radius 1 is 1.42 bits per heavy atom. The number of hydrogen-bond donors (Lipinski definition) is 3. The fourth-order valence-corrected chi connectivity index (χ4v) is 2.36. The van der Waals surface area contributed by atoms with Crippen LogP contribution in [0.1, 0.15) is 24.3 Å². The predicted octanol–water partition coefficient (Wildman–Crippen LogP) is 0.126. The molecule has 19 heavy (non-hydrogen) atoms. The molecule has 1 aliphatic rings. The smallest absolute Gasteiger partial charge is 0.270 e. The summed E-state index contributed by atoms with van der Waals surface area (Å²) in [4.78, 5) is 19.0. The molecule has 1 saturated heterocycles. The Morgan fingerprint density at radius 2 is 2.05 bits per heavy atom. The van der Waals surface area contributed by atoms with Gasteiger partial charge in [-0.2, -0.15) is 0 Å². The number of carbonyl (C=O) groups is 1. The van der Waals surface area contributed by atoms with Crippen molar-refractivity contribution in [1.82, 2.24) is 14.8 Å². The van der Waals surface area contributed by atoms with E-state index < -0.39 is 5.60 Å². The van der Waals surface area contributed by atoms with E-state index in [1.165, 1.54) is 0 Å². The monoisotopic (exact) mass is 266 g/mol. The van der Waals surface area contributed by atoms with Crippen molar-refractivity contribution in [1.29, 1.82) is 0 Å². The summed E-state index contributed by atoms with van der Waals surface area (Å²) in [5.74, 6) is -0.0143. The minimum absolute atomic E-state index is 0.0143. The van der Waals surface area contributed by atoms with Gasteiger partial charge in [0, 0.05) is 44.6 Å². The van der Waals surface area contributed by atoms with Crippen LogP contribution in [0.4, 0.5) is 5.69 Å². The molecular formula is C13H22N4O2. The van der Waals surface area contributed by atoms with Crippen molar-refractivity contribution < 1.29 is 9.90 Å². The molecule has 1 aromatic heterocycles. The molecule has 6 heteroatoms. The zero-order valence-corrected chi connectivity index (χ0v) is 11.5. The molecular weight excluding hydrogens is 244 g/mol. The van der Waals surface area contributed by atoms with Crippen LogP contribution in [0, 0.1) is 0 Å². The van der Waals surface area contributed by atoms with Crippen LogP contribution in [0.5, 0.6) is 0 Å². The van der Waals surface area contributed by atoms with Crippen molar-refractivity contribution in [2.75, 3.05) is 38.5 Å².